The summed E-state index contributed by atoms with van der Waals surface area (Å²) in [4.78, 5) is 10.1. The fraction of sp³-hybridized carbons (Fsp3) is 0.833. The van der Waals surface area contributed by atoms with Gasteiger partial charge in [-0.2, -0.15) is 0 Å². The van der Waals surface area contributed by atoms with Crippen LogP contribution in [0.1, 0.15) is 19.3 Å². The van der Waals surface area contributed by atoms with Crippen molar-refractivity contribution < 1.29 is 9.90 Å². The molecule has 0 spiro atoms. The van der Waals surface area contributed by atoms with Gasteiger partial charge in [0.25, 0.3) is 0 Å². The smallest absolute Gasteiger partial charge is 0.405 e. The maximum atomic E-state index is 10.1. The molecule has 0 radical (unpaired) electrons. The second-order valence-corrected chi connectivity index (χ2v) is 2.45. The van der Waals surface area contributed by atoms with Gasteiger partial charge in [0.2, 0.25) is 0 Å². The largest absolute Gasteiger partial charge is 0.465 e. The van der Waals surface area contributed by atoms with Gasteiger partial charge in [0.15, 0.2) is 0 Å². The van der Waals surface area contributed by atoms with Crippen molar-refractivity contribution in [3.05, 3.63) is 0 Å². The van der Waals surface area contributed by atoms with Crippen molar-refractivity contribution in [2.45, 2.75) is 25.4 Å². The lowest BCUT2D eigenvalue weighted by molar-refractivity contribution is 0.183. The summed E-state index contributed by atoms with van der Waals surface area (Å²) >= 11 is 0. The first-order chi connectivity index (χ1) is 4.79. The van der Waals surface area contributed by atoms with E-state index in [-0.39, 0.29) is 6.17 Å². The van der Waals surface area contributed by atoms with E-state index in [0.717, 1.165) is 25.8 Å². The maximum Gasteiger partial charge on any atom is 0.405 e. The van der Waals surface area contributed by atoms with Crippen LogP contribution in [0.4, 0.5) is 4.79 Å². The van der Waals surface area contributed by atoms with E-state index >= 15 is 0 Å². The summed E-state index contributed by atoms with van der Waals surface area (Å²) in [6.45, 7) is 0.922. The Balaban J connectivity index is 2.19. The van der Waals surface area contributed by atoms with Gasteiger partial charge in [-0.3, -0.25) is 5.32 Å². The molecule has 58 valence electrons. The highest BCUT2D eigenvalue weighted by Gasteiger charge is 2.12. The van der Waals surface area contributed by atoms with E-state index in [1.165, 1.54) is 0 Å². The Labute approximate surface area is 59.6 Å². The van der Waals surface area contributed by atoms with Gasteiger partial charge in [0, 0.05) is 0 Å². The Hall–Kier alpha value is -0.770. The Morgan fingerprint density at radius 2 is 2.40 bits per heavy atom. The quantitative estimate of drug-likeness (QED) is 0.497. The second-order valence-electron chi connectivity index (χ2n) is 2.45. The van der Waals surface area contributed by atoms with E-state index in [9.17, 15) is 4.79 Å². The molecule has 1 amide bonds. The molecule has 4 nitrogen and oxygen atoms in total. The minimum Gasteiger partial charge on any atom is -0.465 e. The first-order valence-corrected chi connectivity index (χ1v) is 3.52. The first kappa shape index (κ1) is 7.34. The average molecular weight is 144 g/mol. The van der Waals surface area contributed by atoms with Gasteiger partial charge in [-0.25, -0.2) is 4.79 Å². The van der Waals surface area contributed by atoms with Crippen LogP contribution in [0.25, 0.3) is 0 Å². The molecule has 1 aliphatic heterocycles. The van der Waals surface area contributed by atoms with Crippen molar-refractivity contribution in [1.29, 1.82) is 0 Å². The van der Waals surface area contributed by atoms with Crippen molar-refractivity contribution >= 4 is 6.09 Å². The Morgan fingerprint density at radius 3 is 2.90 bits per heavy atom. The summed E-state index contributed by atoms with van der Waals surface area (Å²) in [6, 6.07) is 0. The highest BCUT2D eigenvalue weighted by Crippen LogP contribution is 2.03. The minimum absolute atomic E-state index is 0.0220. The van der Waals surface area contributed by atoms with Crippen LogP contribution in [-0.2, 0) is 0 Å². The molecule has 1 atom stereocenters. The third-order valence-corrected chi connectivity index (χ3v) is 1.61. The van der Waals surface area contributed by atoms with E-state index in [2.05, 4.69) is 10.6 Å². The summed E-state index contributed by atoms with van der Waals surface area (Å²) in [5.74, 6) is 0. The van der Waals surface area contributed by atoms with Crippen molar-refractivity contribution in [1.82, 2.24) is 10.6 Å². The molecule has 3 N–H and O–H groups in total. The van der Waals surface area contributed by atoms with Gasteiger partial charge in [0.1, 0.15) is 0 Å². The molecule has 0 aromatic rings. The zero-order valence-corrected chi connectivity index (χ0v) is 5.76. The van der Waals surface area contributed by atoms with Gasteiger partial charge in [0.05, 0.1) is 6.17 Å². The molecule has 10 heavy (non-hydrogen) atoms. The fourth-order valence-corrected chi connectivity index (χ4v) is 1.12. The number of hydrogen-bond acceptors (Lipinski definition) is 2. The van der Waals surface area contributed by atoms with Gasteiger partial charge >= 0.3 is 6.09 Å². The lowest BCUT2D eigenvalue weighted by atomic mass is 10.1. The van der Waals surface area contributed by atoms with Gasteiger partial charge in [-0.1, -0.05) is 0 Å². The van der Waals surface area contributed by atoms with Crippen molar-refractivity contribution in [3.8, 4) is 0 Å². The number of hydrogen-bond donors (Lipinski definition) is 3. The van der Waals surface area contributed by atoms with E-state index in [1.54, 1.807) is 0 Å². The summed E-state index contributed by atoms with van der Waals surface area (Å²) in [5, 5.41) is 13.8. The Bertz CT molecular complexity index is 121. The van der Waals surface area contributed by atoms with E-state index in [4.69, 9.17) is 5.11 Å². The number of nitrogens with one attached hydrogen (secondary N) is 2. The third-order valence-electron chi connectivity index (χ3n) is 1.61. The zero-order valence-electron chi connectivity index (χ0n) is 5.76. The number of carbonyl (C=O) groups is 1. The van der Waals surface area contributed by atoms with Crippen molar-refractivity contribution in [2.24, 2.45) is 0 Å². The minimum atomic E-state index is -0.945. The Morgan fingerprint density at radius 1 is 1.60 bits per heavy atom. The molecule has 1 saturated heterocycles. The highest BCUT2D eigenvalue weighted by atomic mass is 16.4. The van der Waals surface area contributed by atoms with E-state index in [0.29, 0.717) is 0 Å². The molecule has 1 heterocycles. The molecular weight excluding hydrogens is 132 g/mol. The molecule has 1 unspecified atom stereocenters. The predicted octanol–water partition coefficient (Wildman–Crippen LogP) is 0.354. The normalized spacial score (nSPS) is 25.8. The standard InChI is InChI=1S/C6H12N2O2/c9-6(10)8-5-3-1-2-4-7-5/h5,7-8H,1-4H2,(H,9,10). The monoisotopic (exact) mass is 144 g/mol. The summed E-state index contributed by atoms with van der Waals surface area (Å²) in [6.07, 6.45) is 2.20. The van der Waals surface area contributed by atoms with Crippen LogP contribution >= 0.6 is 0 Å². The third kappa shape index (κ3) is 2.23. The highest BCUT2D eigenvalue weighted by molar-refractivity contribution is 5.64. The van der Waals surface area contributed by atoms with Gasteiger partial charge in [-0.05, 0) is 25.8 Å². The molecule has 4 heteroatoms. The average Bonchev–Trinajstić information content (AvgIpc) is 1.88. The van der Waals surface area contributed by atoms with Crippen LogP contribution < -0.4 is 10.6 Å². The number of amides is 1. The fourth-order valence-electron chi connectivity index (χ4n) is 1.12. The van der Waals surface area contributed by atoms with Crippen LogP contribution in [0, 0.1) is 0 Å². The van der Waals surface area contributed by atoms with Gasteiger partial charge in [-0.15, -0.1) is 0 Å². The number of piperidine rings is 1. The van der Waals surface area contributed by atoms with Crippen molar-refractivity contribution in [2.75, 3.05) is 6.54 Å². The van der Waals surface area contributed by atoms with Crippen LogP contribution in [0.3, 0.4) is 0 Å². The topological polar surface area (TPSA) is 61.4 Å². The molecule has 1 fully saturated rings. The number of rotatable bonds is 1. The SMILES string of the molecule is O=C(O)NC1CCCCN1. The van der Waals surface area contributed by atoms with E-state index in [1.807, 2.05) is 0 Å². The first-order valence-electron chi connectivity index (χ1n) is 3.52. The van der Waals surface area contributed by atoms with Crippen LogP contribution in [0.2, 0.25) is 0 Å². The van der Waals surface area contributed by atoms with Crippen LogP contribution in [0.15, 0.2) is 0 Å². The molecular formula is C6H12N2O2. The second kappa shape index (κ2) is 3.41. The number of carboxylic acid groups (broad SMARTS) is 1. The van der Waals surface area contributed by atoms with Crippen LogP contribution in [-0.4, -0.2) is 23.9 Å². The maximum absolute atomic E-state index is 10.1. The lowest BCUT2D eigenvalue weighted by Crippen LogP contribution is -2.47. The summed E-state index contributed by atoms with van der Waals surface area (Å²) in [7, 11) is 0. The molecule has 0 aromatic carbocycles. The molecule has 0 aliphatic carbocycles. The van der Waals surface area contributed by atoms with E-state index < -0.39 is 6.09 Å². The molecule has 1 aliphatic rings. The van der Waals surface area contributed by atoms with Gasteiger partial charge < -0.3 is 10.4 Å². The predicted molar refractivity (Wildman–Crippen MR) is 36.8 cm³/mol. The summed E-state index contributed by atoms with van der Waals surface area (Å²) in [5.41, 5.74) is 0. The Kier molecular flexibility index (Phi) is 2.50. The molecule has 0 bridgehead atoms. The zero-order chi connectivity index (χ0) is 7.40. The van der Waals surface area contributed by atoms with Crippen LogP contribution in [0.5, 0.6) is 0 Å². The lowest BCUT2D eigenvalue weighted by Gasteiger charge is -2.22. The summed E-state index contributed by atoms with van der Waals surface area (Å²) < 4.78 is 0. The molecule has 0 saturated carbocycles. The van der Waals surface area contributed by atoms with Crippen molar-refractivity contribution in [3.63, 3.8) is 0 Å². The molecule has 1 rings (SSSR count). The molecule has 0 aromatic heterocycles.